The van der Waals surface area contributed by atoms with Crippen LogP contribution in [0.5, 0.6) is 0 Å². The van der Waals surface area contributed by atoms with Gasteiger partial charge in [-0.05, 0) is 18.9 Å². The molecule has 1 amide bonds. The summed E-state index contributed by atoms with van der Waals surface area (Å²) in [5.74, 6) is -0.125. The molecule has 1 saturated carbocycles. The van der Waals surface area contributed by atoms with Crippen molar-refractivity contribution in [2.24, 2.45) is 23.4 Å². The Morgan fingerprint density at radius 2 is 2.30 bits per heavy atom. The van der Waals surface area contributed by atoms with Crippen molar-refractivity contribution >= 4 is 11.7 Å². The number of aryl methyl sites for hydroxylation is 1. The van der Waals surface area contributed by atoms with Gasteiger partial charge in [0.15, 0.2) is 5.84 Å². The maximum absolute atomic E-state index is 12.4. The smallest absolute Gasteiger partial charge is 0.233 e. The molecule has 0 aliphatic heterocycles. The summed E-state index contributed by atoms with van der Waals surface area (Å²) in [4.78, 5) is 12.4. The van der Waals surface area contributed by atoms with E-state index in [2.05, 4.69) is 15.6 Å². The fourth-order valence-electron chi connectivity index (χ4n) is 2.79. The molecule has 0 radical (unpaired) electrons. The van der Waals surface area contributed by atoms with E-state index in [9.17, 15) is 4.79 Å². The Bertz CT molecular complexity index is 503. The van der Waals surface area contributed by atoms with Gasteiger partial charge in [0, 0.05) is 31.9 Å². The number of hydrogen-bond acceptors (Lipinski definition) is 4. The molecule has 110 valence electrons. The molecule has 7 heteroatoms. The molecule has 0 saturated heterocycles. The van der Waals surface area contributed by atoms with Crippen LogP contribution in [0.1, 0.15) is 31.4 Å². The molecule has 1 heterocycles. The molecule has 2 rings (SSSR count). The average Bonchev–Trinajstić information content (AvgIpc) is 3.08. The van der Waals surface area contributed by atoms with Crippen molar-refractivity contribution in [3.8, 4) is 0 Å². The van der Waals surface area contributed by atoms with Crippen LogP contribution in [0.25, 0.3) is 0 Å². The third-order valence-electron chi connectivity index (χ3n) is 4.08. The highest BCUT2D eigenvalue weighted by atomic mass is 16.4. The Hall–Kier alpha value is -2.05. The first-order valence-corrected chi connectivity index (χ1v) is 6.83. The number of aromatic nitrogens is 2. The van der Waals surface area contributed by atoms with E-state index in [1.54, 1.807) is 10.9 Å². The first kappa shape index (κ1) is 14.4. The molecule has 1 fully saturated rings. The van der Waals surface area contributed by atoms with Crippen LogP contribution in [0.4, 0.5) is 0 Å². The van der Waals surface area contributed by atoms with Crippen molar-refractivity contribution in [2.45, 2.75) is 32.1 Å². The number of nitrogens with one attached hydrogen (secondary N) is 1. The van der Waals surface area contributed by atoms with Crippen LogP contribution < -0.4 is 11.1 Å². The fraction of sp³-hybridized carbons (Fsp3) is 0.615. The predicted molar refractivity (Wildman–Crippen MR) is 74.2 cm³/mol. The second-order valence-corrected chi connectivity index (χ2v) is 5.23. The minimum Gasteiger partial charge on any atom is -0.409 e. The maximum Gasteiger partial charge on any atom is 0.233 e. The van der Waals surface area contributed by atoms with Crippen molar-refractivity contribution in [3.05, 3.63) is 18.0 Å². The van der Waals surface area contributed by atoms with Crippen molar-refractivity contribution < 1.29 is 10.0 Å². The first-order valence-electron chi connectivity index (χ1n) is 6.83. The van der Waals surface area contributed by atoms with Crippen LogP contribution in [-0.4, -0.2) is 33.3 Å². The van der Waals surface area contributed by atoms with E-state index in [-0.39, 0.29) is 11.7 Å². The van der Waals surface area contributed by atoms with Gasteiger partial charge in [-0.25, -0.2) is 0 Å². The Balaban J connectivity index is 1.95. The lowest BCUT2D eigenvalue weighted by Gasteiger charge is -2.25. The number of nitrogens with zero attached hydrogens (tertiary/aromatic N) is 3. The lowest BCUT2D eigenvalue weighted by molar-refractivity contribution is -0.127. The van der Waals surface area contributed by atoms with Gasteiger partial charge >= 0.3 is 0 Å². The van der Waals surface area contributed by atoms with Gasteiger partial charge in [-0.15, -0.1) is 0 Å². The van der Waals surface area contributed by atoms with Crippen molar-refractivity contribution in [2.75, 3.05) is 6.54 Å². The molecular formula is C13H21N5O2. The second-order valence-electron chi connectivity index (χ2n) is 5.23. The maximum atomic E-state index is 12.4. The third-order valence-corrected chi connectivity index (χ3v) is 4.08. The van der Waals surface area contributed by atoms with E-state index in [0.29, 0.717) is 25.8 Å². The van der Waals surface area contributed by atoms with E-state index >= 15 is 0 Å². The lowest BCUT2D eigenvalue weighted by Crippen LogP contribution is -2.48. The average molecular weight is 279 g/mol. The van der Waals surface area contributed by atoms with E-state index in [4.69, 9.17) is 10.9 Å². The Labute approximate surface area is 117 Å². The first-order chi connectivity index (χ1) is 9.60. The highest BCUT2D eigenvalue weighted by Gasteiger charge is 2.45. The van der Waals surface area contributed by atoms with Gasteiger partial charge in [0.25, 0.3) is 0 Å². The quantitative estimate of drug-likeness (QED) is 0.314. The zero-order chi connectivity index (χ0) is 14.6. The van der Waals surface area contributed by atoms with E-state index in [1.807, 2.05) is 13.1 Å². The zero-order valence-corrected chi connectivity index (χ0v) is 11.7. The largest absolute Gasteiger partial charge is 0.409 e. The molecule has 0 atom stereocenters. The minimum atomic E-state index is -0.832. The van der Waals surface area contributed by atoms with Crippen LogP contribution in [0.3, 0.4) is 0 Å². The van der Waals surface area contributed by atoms with Gasteiger partial charge in [0.05, 0.1) is 0 Å². The topological polar surface area (TPSA) is 106 Å². The summed E-state index contributed by atoms with van der Waals surface area (Å²) in [7, 11) is 1.87. The van der Waals surface area contributed by atoms with E-state index in [1.165, 1.54) is 0 Å². The van der Waals surface area contributed by atoms with Gasteiger partial charge < -0.3 is 16.3 Å². The molecule has 0 spiro atoms. The normalized spacial score (nSPS) is 18.1. The number of hydrogen-bond donors (Lipinski definition) is 3. The van der Waals surface area contributed by atoms with Gasteiger partial charge in [-0.3, -0.25) is 9.48 Å². The molecule has 1 aliphatic rings. The van der Waals surface area contributed by atoms with Crippen LogP contribution in [0.15, 0.2) is 17.4 Å². The summed E-state index contributed by atoms with van der Waals surface area (Å²) in [5.41, 5.74) is 5.95. The van der Waals surface area contributed by atoms with Crippen LogP contribution >= 0.6 is 0 Å². The molecule has 20 heavy (non-hydrogen) atoms. The Morgan fingerprint density at radius 3 is 2.85 bits per heavy atom. The number of oxime groups is 1. The molecule has 1 aromatic heterocycles. The predicted octanol–water partition coefficient (Wildman–Crippen LogP) is 0.386. The molecule has 0 bridgehead atoms. The molecule has 7 nitrogen and oxygen atoms in total. The van der Waals surface area contributed by atoms with E-state index < -0.39 is 5.41 Å². The zero-order valence-electron chi connectivity index (χ0n) is 11.7. The number of amides is 1. The third kappa shape index (κ3) is 2.61. The number of rotatable bonds is 5. The summed E-state index contributed by atoms with van der Waals surface area (Å²) in [5, 5.41) is 18.9. The summed E-state index contributed by atoms with van der Waals surface area (Å²) in [6, 6.07) is 1.92. The highest BCUT2D eigenvalue weighted by Crippen LogP contribution is 2.38. The Kier molecular flexibility index (Phi) is 4.26. The monoisotopic (exact) mass is 279 g/mol. The summed E-state index contributed by atoms with van der Waals surface area (Å²) in [6.07, 6.45) is 5.55. The highest BCUT2D eigenvalue weighted by molar-refractivity contribution is 6.07. The molecule has 1 aromatic rings. The van der Waals surface area contributed by atoms with Gasteiger partial charge in [-0.2, -0.15) is 5.10 Å². The number of carbonyl (C=O) groups excluding carboxylic acids is 1. The number of nitrogens with two attached hydrogens (primary N) is 1. The van der Waals surface area contributed by atoms with Crippen molar-refractivity contribution in [3.63, 3.8) is 0 Å². The summed E-state index contributed by atoms with van der Waals surface area (Å²) >= 11 is 0. The van der Waals surface area contributed by atoms with Gasteiger partial charge in [-0.1, -0.05) is 18.0 Å². The standard InChI is InChI=1S/C13H21N5O2/c1-18-10(5-9-16-18)4-8-15-12(19)13(11(14)17-20)6-2-3-7-13/h5,9,20H,2-4,6-8H2,1H3,(H2,14,17)(H,15,19). The lowest BCUT2D eigenvalue weighted by atomic mass is 9.84. The van der Waals surface area contributed by atoms with E-state index in [0.717, 1.165) is 18.5 Å². The SMILES string of the molecule is Cn1nccc1CCNC(=O)C1(/C(N)=N/O)CCCC1. The van der Waals surface area contributed by atoms with Crippen LogP contribution in [0, 0.1) is 5.41 Å². The molecular weight excluding hydrogens is 258 g/mol. The molecule has 1 aliphatic carbocycles. The Morgan fingerprint density at radius 1 is 1.60 bits per heavy atom. The summed E-state index contributed by atoms with van der Waals surface area (Å²) in [6.45, 7) is 0.513. The van der Waals surface area contributed by atoms with Gasteiger partial charge in [0.1, 0.15) is 5.41 Å². The van der Waals surface area contributed by atoms with Crippen molar-refractivity contribution in [1.82, 2.24) is 15.1 Å². The fourth-order valence-corrected chi connectivity index (χ4v) is 2.79. The molecule has 4 N–H and O–H groups in total. The van der Waals surface area contributed by atoms with Crippen LogP contribution in [0.2, 0.25) is 0 Å². The van der Waals surface area contributed by atoms with Crippen LogP contribution in [-0.2, 0) is 18.3 Å². The molecule has 0 aromatic carbocycles. The summed E-state index contributed by atoms with van der Waals surface area (Å²) < 4.78 is 1.78. The van der Waals surface area contributed by atoms with Crippen molar-refractivity contribution in [1.29, 1.82) is 0 Å². The number of amidine groups is 1. The second kappa shape index (κ2) is 5.94. The minimum absolute atomic E-state index is 0.0213. The number of carbonyl (C=O) groups is 1. The molecule has 0 unspecified atom stereocenters. The van der Waals surface area contributed by atoms with Gasteiger partial charge in [0.2, 0.25) is 5.91 Å².